The lowest BCUT2D eigenvalue weighted by Crippen LogP contribution is -2.19. The van der Waals surface area contributed by atoms with Crippen molar-refractivity contribution in [2.45, 2.75) is 24.3 Å². The molecule has 2 heterocycles. The van der Waals surface area contributed by atoms with E-state index >= 15 is 0 Å². The summed E-state index contributed by atoms with van der Waals surface area (Å²) < 4.78 is 0. The van der Waals surface area contributed by atoms with Crippen molar-refractivity contribution in [3.63, 3.8) is 0 Å². The summed E-state index contributed by atoms with van der Waals surface area (Å²) in [5.41, 5.74) is 7.18. The molecule has 0 radical (unpaired) electrons. The highest BCUT2D eigenvalue weighted by atomic mass is 32.2. The Balaban J connectivity index is 1.90. The predicted molar refractivity (Wildman–Crippen MR) is 120 cm³/mol. The number of fused-ring (bicyclic) bond motifs is 3. The molecule has 0 unspecified atom stereocenters. The van der Waals surface area contributed by atoms with Crippen molar-refractivity contribution in [2.75, 3.05) is 4.90 Å². The van der Waals surface area contributed by atoms with Crippen LogP contribution in [-0.4, -0.2) is 0 Å². The maximum Gasteiger partial charge on any atom is 0.0636 e. The van der Waals surface area contributed by atoms with E-state index in [0.717, 1.165) is 25.0 Å². The first-order valence-corrected chi connectivity index (χ1v) is 10.1. The quantitative estimate of drug-likeness (QED) is 0.550. The van der Waals surface area contributed by atoms with Crippen LogP contribution < -0.4 is 4.90 Å². The summed E-state index contributed by atoms with van der Waals surface area (Å²) in [7, 11) is 0. The molecule has 1 nitrogen and oxygen atoms in total. The van der Waals surface area contributed by atoms with Crippen molar-refractivity contribution in [1.82, 2.24) is 0 Å². The number of hydrogen-bond acceptors (Lipinski definition) is 2. The highest BCUT2D eigenvalue weighted by molar-refractivity contribution is 8.02. The first-order chi connectivity index (χ1) is 13.2. The number of benzene rings is 2. The number of anilines is 1. The number of rotatable bonds is 2. The van der Waals surface area contributed by atoms with Gasteiger partial charge < -0.3 is 4.90 Å². The Kier molecular flexibility index (Phi) is 5.17. The van der Waals surface area contributed by atoms with Crippen LogP contribution in [0.1, 0.15) is 29.5 Å². The van der Waals surface area contributed by atoms with Crippen molar-refractivity contribution in [2.24, 2.45) is 0 Å². The number of nitrogens with zero attached hydrogens (tertiary/aromatic N) is 1. The third kappa shape index (κ3) is 3.72. The van der Waals surface area contributed by atoms with Gasteiger partial charge in [0.25, 0.3) is 0 Å². The van der Waals surface area contributed by atoms with Crippen LogP contribution in [0.25, 0.3) is 11.1 Å². The van der Waals surface area contributed by atoms with E-state index in [4.69, 9.17) is 0 Å². The number of thioether (sulfide) groups is 1. The molecule has 0 atom stereocenters. The molecule has 2 heteroatoms. The minimum Gasteiger partial charge on any atom is -0.342 e. The van der Waals surface area contributed by atoms with E-state index < -0.39 is 0 Å². The molecular formula is C25H23NS. The minimum absolute atomic E-state index is 0.818. The average molecular weight is 370 g/mol. The Labute approximate surface area is 166 Å². The number of hydrogen-bond donors (Lipinski definition) is 0. The molecule has 0 fully saturated rings. The second-order valence-electron chi connectivity index (χ2n) is 6.81. The molecule has 2 aliphatic rings. The molecule has 2 aromatic rings. The van der Waals surface area contributed by atoms with Crippen LogP contribution in [0.15, 0.2) is 96.4 Å². The van der Waals surface area contributed by atoms with Gasteiger partial charge in [-0.2, -0.15) is 0 Å². The largest absolute Gasteiger partial charge is 0.342 e. The highest BCUT2D eigenvalue weighted by Gasteiger charge is 2.21. The Morgan fingerprint density at radius 1 is 0.963 bits per heavy atom. The average Bonchev–Trinajstić information content (AvgIpc) is 2.67. The Morgan fingerprint density at radius 2 is 1.78 bits per heavy atom. The summed E-state index contributed by atoms with van der Waals surface area (Å²) in [6.07, 6.45) is 12.7. The van der Waals surface area contributed by atoms with Crippen LogP contribution >= 0.6 is 11.8 Å². The van der Waals surface area contributed by atoms with Gasteiger partial charge in [-0.3, -0.25) is 0 Å². The summed E-state index contributed by atoms with van der Waals surface area (Å²) in [5.74, 6) is 0. The van der Waals surface area contributed by atoms with E-state index in [-0.39, 0.29) is 0 Å². The Bertz CT molecular complexity index is 963. The van der Waals surface area contributed by atoms with Gasteiger partial charge in [0.2, 0.25) is 0 Å². The van der Waals surface area contributed by atoms with Crippen molar-refractivity contribution in [1.29, 1.82) is 0 Å². The molecule has 0 aromatic heterocycles. The summed E-state index contributed by atoms with van der Waals surface area (Å²) in [6.45, 7) is 9.49. The van der Waals surface area contributed by atoms with Crippen LogP contribution in [-0.2, 0) is 6.54 Å². The third-order valence-corrected chi connectivity index (χ3v) is 5.89. The van der Waals surface area contributed by atoms with Gasteiger partial charge in [-0.05, 0) is 46.6 Å². The zero-order valence-electron chi connectivity index (χ0n) is 15.4. The molecule has 0 amide bonds. The minimum atomic E-state index is 0.818. The topological polar surface area (TPSA) is 3.24 Å². The molecule has 134 valence electrons. The monoisotopic (exact) mass is 369 g/mol. The molecule has 0 N–H and O–H groups in total. The van der Waals surface area contributed by atoms with Crippen LogP contribution in [0.4, 0.5) is 5.69 Å². The van der Waals surface area contributed by atoms with Gasteiger partial charge in [0.05, 0.1) is 5.69 Å². The molecule has 0 saturated heterocycles. The fourth-order valence-corrected chi connectivity index (χ4v) is 4.54. The fraction of sp³-hybridized carbons (Fsp3) is 0.120. The van der Waals surface area contributed by atoms with E-state index in [1.807, 2.05) is 0 Å². The molecule has 0 spiro atoms. The summed E-state index contributed by atoms with van der Waals surface area (Å²) >= 11 is 1.79. The highest BCUT2D eigenvalue weighted by Crippen LogP contribution is 2.44. The van der Waals surface area contributed by atoms with Gasteiger partial charge in [-0.25, -0.2) is 0 Å². The normalized spacial score (nSPS) is 19.8. The summed E-state index contributed by atoms with van der Waals surface area (Å²) in [6, 6.07) is 15.0. The van der Waals surface area contributed by atoms with Crippen LogP contribution in [0, 0.1) is 0 Å². The lowest BCUT2D eigenvalue weighted by atomic mass is 9.95. The van der Waals surface area contributed by atoms with Crippen molar-refractivity contribution in [3.8, 4) is 0 Å². The maximum absolute atomic E-state index is 4.36. The van der Waals surface area contributed by atoms with Gasteiger partial charge in [-0.1, -0.05) is 85.6 Å². The first-order valence-electron chi connectivity index (χ1n) is 9.25. The molecule has 0 saturated carbocycles. The van der Waals surface area contributed by atoms with Crippen molar-refractivity contribution < 1.29 is 0 Å². The Hall–Kier alpha value is -2.71. The van der Waals surface area contributed by atoms with Gasteiger partial charge in [0, 0.05) is 23.2 Å². The molecule has 2 aromatic carbocycles. The van der Waals surface area contributed by atoms with E-state index in [1.54, 1.807) is 11.8 Å². The molecule has 2 aliphatic heterocycles. The van der Waals surface area contributed by atoms with E-state index in [9.17, 15) is 0 Å². The lowest BCUT2D eigenvalue weighted by Gasteiger charge is -2.29. The lowest BCUT2D eigenvalue weighted by molar-refractivity contribution is 0.946. The second kappa shape index (κ2) is 7.89. The zero-order valence-corrected chi connectivity index (χ0v) is 16.2. The molecule has 4 rings (SSSR count). The third-order valence-electron chi connectivity index (χ3n) is 4.91. The van der Waals surface area contributed by atoms with E-state index in [1.165, 1.54) is 32.8 Å². The van der Waals surface area contributed by atoms with Gasteiger partial charge in [0.1, 0.15) is 0 Å². The molecule has 0 aliphatic carbocycles. The predicted octanol–water partition coefficient (Wildman–Crippen LogP) is 7.20. The van der Waals surface area contributed by atoms with Gasteiger partial charge >= 0.3 is 0 Å². The van der Waals surface area contributed by atoms with Crippen LogP contribution in [0.3, 0.4) is 0 Å². The fourth-order valence-electron chi connectivity index (χ4n) is 3.49. The van der Waals surface area contributed by atoms with Crippen LogP contribution in [0.5, 0.6) is 0 Å². The zero-order chi connectivity index (χ0) is 18.6. The van der Waals surface area contributed by atoms with Crippen LogP contribution in [0.2, 0.25) is 0 Å². The summed E-state index contributed by atoms with van der Waals surface area (Å²) in [5, 5.41) is 2.22. The molecule has 27 heavy (non-hydrogen) atoms. The van der Waals surface area contributed by atoms with E-state index in [2.05, 4.69) is 96.4 Å². The SMILES string of the molecule is C=C1CC/C=C\Sc2c1ccc1c2N(Cc2ccccc2)/C=C\C=C/C1=C. The molecule has 0 bridgehead atoms. The standard InChI is InChI=1S/C25H23NS/c1-19-10-6-8-16-26(18-21-12-4-3-5-13-21)24-22(19)14-15-23-20(2)11-7-9-17-27-25(23)24/h3-6,8-10,12-17H,1-2,7,11,18H2/b10-6-,16-8-,17-9-. The molecular weight excluding hydrogens is 346 g/mol. The summed E-state index contributed by atoms with van der Waals surface area (Å²) in [4.78, 5) is 3.61. The maximum atomic E-state index is 4.36. The van der Waals surface area contributed by atoms with E-state index in [0.29, 0.717) is 0 Å². The second-order valence-corrected chi connectivity index (χ2v) is 7.73. The van der Waals surface area contributed by atoms with Crippen molar-refractivity contribution >= 4 is 28.6 Å². The van der Waals surface area contributed by atoms with Crippen molar-refractivity contribution in [3.05, 3.63) is 108 Å². The van der Waals surface area contributed by atoms with Gasteiger partial charge in [-0.15, -0.1) is 0 Å². The first kappa shape index (κ1) is 17.7. The Morgan fingerprint density at radius 3 is 2.63 bits per heavy atom. The van der Waals surface area contributed by atoms with Gasteiger partial charge in [0.15, 0.2) is 0 Å². The number of allylic oxidation sites excluding steroid dienone is 6. The smallest absolute Gasteiger partial charge is 0.0636 e.